The van der Waals surface area contributed by atoms with Crippen molar-refractivity contribution in [1.29, 1.82) is 5.26 Å². The third-order valence-electron chi connectivity index (χ3n) is 4.16. The first kappa shape index (κ1) is 17.8. The van der Waals surface area contributed by atoms with E-state index in [2.05, 4.69) is 12.2 Å². The van der Waals surface area contributed by atoms with E-state index in [0.29, 0.717) is 17.2 Å². The lowest BCUT2D eigenvalue weighted by molar-refractivity contribution is -0.150. The molecule has 1 N–H and O–H groups in total. The molecular weight excluding hydrogens is 308 g/mol. The number of esters is 1. The second-order valence-electron chi connectivity index (χ2n) is 6.02. The second-order valence-corrected chi connectivity index (χ2v) is 6.02. The molecule has 0 aromatic heterocycles. The fourth-order valence-corrected chi connectivity index (χ4v) is 2.73. The predicted molar refractivity (Wildman–Crippen MR) is 87.2 cm³/mol. The van der Waals surface area contributed by atoms with E-state index in [1.165, 1.54) is 6.42 Å². The molecule has 0 bridgehead atoms. The number of rotatable bonds is 6. The standard InChI is InChI=1S/C18H22N2O4/c1-13-4-2-3-5-16(13)20-17(21)11-24-18(22)12-23-15-8-6-14(10-19)7-9-15/h6-9,13,16H,2-5,11-12H2,1H3,(H,20,21)/t13-,16-/m1/s1. The Labute approximate surface area is 141 Å². The van der Waals surface area contributed by atoms with E-state index in [4.69, 9.17) is 14.7 Å². The van der Waals surface area contributed by atoms with Crippen LogP contribution in [0, 0.1) is 17.2 Å². The fourth-order valence-electron chi connectivity index (χ4n) is 2.73. The number of nitrogens with one attached hydrogen (secondary N) is 1. The van der Waals surface area contributed by atoms with Crippen LogP contribution in [0.3, 0.4) is 0 Å². The molecule has 0 heterocycles. The van der Waals surface area contributed by atoms with Crippen molar-refractivity contribution in [1.82, 2.24) is 5.32 Å². The first-order valence-corrected chi connectivity index (χ1v) is 8.16. The summed E-state index contributed by atoms with van der Waals surface area (Å²) in [6.45, 7) is 1.55. The molecule has 0 spiro atoms. The van der Waals surface area contributed by atoms with Crippen LogP contribution in [0.15, 0.2) is 24.3 Å². The summed E-state index contributed by atoms with van der Waals surface area (Å²) < 4.78 is 10.2. The maximum absolute atomic E-state index is 11.8. The minimum atomic E-state index is -0.605. The summed E-state index contributed by atoms with van der Waals surface area (Å²) in [5.41, 5.74) is 0.513. The lowest BCUT2D eigenvalue weighted by Crippen LogP contribution is -2.43. The van der Waals surface area contributed by atoms with Gasteiger partial charge in [0.1, 0.15) is 5.75 Å². The maximum atomic E-state index is 11.8. The van der Waals surface area contributed by atoms with E-state index in [9.17, 15) is 9.59 Å². The van der Waals surface area contributed by atoms with Crippen molar-refractivity contribution in [2.75, 3.05) is 13.2 Å². The van der Waals surface area contributed by atoms with Gasteiger partial charge < -0.3 is 14.8 Å². The minimum Gasteiger partial charge on any atom is -0.482 e. The highest BCUT2D eigenvalue weighted by atomic mass is 16.6. The first-order valence-electron chi connectivity index (χ1n) is 8.16. The Morgan fingerprint density at radius 2 is 1.92 bits per heavy atom. The Hall–Kier alpha value is -2.55. The summed E-state index contributed by atoms with van der Waals surface area (Å²) in [7, 11) is 0. The molecule has 0 unspecified atom stereocenters. The fraction of sp³-hybridized carbons (Fsp3) is 0.500. The van der Waals surface area contributed by atoms with Gasteiger partial charge in [-0.3, -0.25) is 4.79 Å². The number of amides is 1. The molecule has 24 heavy (non-hydrogen) atoms. The highest BCUT2D eigenvalue weighted by molar-refractivity contribution is 5.81. The van der Waals surface area contributed by atoms with Crippen LogP contribution in [-0.4, -0.2) is 31.1 Å². The predicted octanol–water partition coefficient (Wildman–Crippen LogP) is 2.18. The van der Waals surface area contributed by atoms with Crippen molar-refractivity contribution in [3.8, 4) is 11.8 Å². The largest absolute Gasteiger partial charge is 0.482 e. The number of nitrogens with zero attached hydrogens (tertiary/aromatic N) is 1. The van der Waals surface area contributed by atoms with Crippen LogP contribution in [0.1, 0.15) is 38.2 Å². The molecule has 1 amide bonds. The smallest absolute Gasteiger partial charge is 0.344 e. The average molecular weight is 330 g/mol. The molecule has 128 valence electrons. The van der Waals surface area contributed by atoms with E-state index in [1.807, 2.05) is 6.07 Å². The van der Waals surface area contributed by atoms with Gasteiger partial charge in [0.15, 0.2) is 13.2 Å². The van der Waals surface area contributed by atoms with Crippen LogP contribution in [0.4, 0.5) is 0 Å². The molecule has 0 aliphatic heterocycles. The minimum absolute atomic E-state index is 0.167. The van der Waals surface area contributed by atoms with Gasteiger partial charge in [-0.05, 0) is 43.0 Å². The molecule has 6 nitrogen and oxygen atoms in total. The average Bonchev–Trinajstić information content (AvgIpc) is 2.60. The second kappa shape index (κ2) is 8.92. The summed E-state index contributed by atoms with van der Waals surface area (Å²) in [6.07, 6.45) is 4.41. The van der Waals surface area contributed by atoms with Crippen molar-refractivity contribution >= 4 is 11.9 Å². The number of hydrogen-bond acceptors (Lipinski definition) is 5. The van der Waals surface area contributed by atoms with Gasteiger partial charge in [0, 0.05) is 6.04 Å². The zero-order chi connectivity index (χ0) is 17.4. The quantitative estimate of drug-likeness (QED) is 0.808. The van der Waals surface area contributed by atoms with Crippen molar-refractivity contribution in [3.05, 3.63) is 29.8 Å². The van der Waals surface area contributed by atoms with Crippen molar-refractivity contribution in [2.24, 2.45) is 5.92 Å². The highest BCUT2D eigenvalue weighted by Gasteiger charge is 2.23. The number of nitriles is 1. The molecule has 0 saturated heterocycles. The number of carbonyl (C=O) groups excluding carboxylic acids is 2. The topological polar surface area (TPSA) is 88.4 Å². The van der Waals surface area contributed by atoms with E-state index in [1.54, 1.807) is 24.3 Å². The van der Waals surface area contributed by atoms with E-state index in [-0.39, 0.29) is 25.2 Å². The van der Waals surface area contributed by atoms with Crippen LogP contribution < -0.4 is 10.1 Å². The van der Waals surface area contributed by atoms with Crippen LogP contribution in [0.5, 0.6) is 5.75 Å². The van der Waals surface area contributed by atoms with Crippen LogP contribution >= 0.6 is 0 Å². The molecule has 1 fully saturated rings. The van der Waals surface area contributed by atoms with Crippen LogP contribution in [0.2, 0.25) is 0 Å². The van der Waals surface area contributed by atoms with Crippen molar-refractivity contribution < 1.29 is 19.1 Å². The van der Waals surface area contributed by atoms with Crippen molar-refractivity contribution in [2.45, 2.75) is 38.6 Å². The molecule has 1 aliphatic rings. The Morgan fingerprint density at radius 3 is 2.58 bits per heavy atom. The maximum Gasteiger partial charge on any atom is 0.344 e. The van der Waals surface area contributed by atoms with Crippen molar-refractivity contribution in [3.63, 3.8) is 0 Å². The van der Waals surface area contributed by atoms with Gasteiger partial charge in [-0.15, -0.1) is 0 Å². The SMILES string of the molecule is C[C@@H]1CCCC[C@H]1NC(=O)COC(=O)COc1ccc(C#N)cc1. The number of benzene rings is 1. The third-order valence-corrected chi connectivity index (χ3v) is 4.16. The van der Waals surface area contributed by atoms with Gasteiger partial charge in [0.25, 0.3) is 5.91 Å². The van der Waals surface area contributed by atoms with E-state index >= 15 is 0 Å². The molecule has 2 atom stereocenters. The number of carbonyl (C=O) groups is 2. The van der Waals surface area contributed by atoms with Gasteiger partial charge in [-0.1, -0.05) is 19.8 Å². The summed E-state index contributed by atoms with van der Waals surface area (Å²) in [4.78, 5) is 23.5. The Bertz CT molecular complexity index is 606. The summed E-state index contributed by atoms with van der Waals surface area (Å²) in [6, 6.07) is 8.56. The highest BCUT2D eigenvalue weighted by Crippen LogP contribution is 2.23. The monoisotopic (exact) mass is 330 g/mol. The lowest BCUT2D eigenvalue weighted by Gasteiger charge is -2.29. The Kier molecular flexibility index (Phi) is 6.62. The van der Waals surface area contributed by atoms with Gasteiger partial charge in [-0.2, -0.15) is 5.26 Å². The summed E-state index contributed by atoms with van der Waals surface area (Å²) >= 11 is 0. The molecule has 0 radical (unpaired) electrons. The molecule has 6 heteroatoms. The first-order chi connectivity index (χ1) is 11.6. The molecule has 1 aliphatic carbocycles. The summed E-state index contributed by atoms with van der Waals surface area (Å²) in [5.74, 6) is 0.0382. The Morgan fingerprint density at radius 1 is 1.21 bits per heavy atom. The van der Waals surface area contributed by atoms with Gasteiger partial charge >= 0.3 is 5.97 Å². The van der Waals surface area contributed by atoms with Gasteiger partial charge in [0.2, 0.25) is 0 Å². The van der Waals surface area contributed by atoms with Gasteiger partial charge in [0.05, 0.1) is 11.6 Å². The normalized spacial score (nSPS) is 19.8. The zero-order valence-corrected chi connectivity index (χ0v) is 13.8. The third kappa shape index (κ3) is 5.58. The molecule has 1 aromatic carbocycles. The number of hydrogen-bond donors (Lipinski definition) is 1. The zero-order valence-electron chi connectivity index (χ0n) is 13.8. The van der Waals surface area contributed by atoms with Crippen LogP contribution in [-0.2, 0) is 14.3 Å². The van der Waals surface area contributed by atoms with Gasteiger partial charge in [-0.25, -0.2) is 4.79 Å². The number of ether oxygens (including phenoxy) is 2. The van der Waals surface area contributed by atoms with E-state index in [0.717, 1.165) is 19.3 Å². The van der Waals surface area contributed by atoms with Crippen LogP contribution in [0.25, 0.3) is 0 Å². The molecule has 1 saturated carbocycles. The molecule has 2 rings (SSSR count). The summed E-state index contributed by atoms with van der Waals surface area (Å²) in [5, 5.41) is 11.6. The Balaban J connectivity index is 1.66. The molecule has 1 aromatic rings. The molecular formula is C18H22N2O4. The lowest BCUT2D eigenvalue weighted by atomic mass is 9.86. The van der Waals surface area contributed by atoms with E-state index < -0.39 is 5.97 Å².